The van der Waals surface area contributed by atoms with Gasteiger partial charge in [-0.05, 0) is 48.9 Å². The molecule has 1 amide bonds. The van der Waals surface area contributed by atoms with Crippen LogP contribution in [-0.2, 0) is 0 Å². The number of fused-ring (bicyclic) bond motifs is 1. The molecule has 132 valence electrons. The minimum atomic E-state index is -0.362. The Labute approximate surface area is 155 Å². The molecule has 2 heterocycles. The summed E-state index contributed by atoms with van der Waals surface area (Å²) in [6.07, 6.45) is 4.89. The highest BCUT2D eigenvalue weighted by Crippen LogP contribution is 2.16. The minimum Gasteiger partial charge on any atom is -0.490 e. The summed E-state index contributed by atoms with van der Waals surface area (Å²) in [6, 6.07) is 10.8. The van der Waals surface area contributed by atoms with Crippen molar-refractivity contribution in [3.05, 3.63) is 77.2 Å². The topological polar surface area (TPSA) is 68.0 Å². The molecule has 2 aromatic heterocycles. The highest BCUT2D eigenvalue weighted by molar-refractivity contribution is 6.30. The molecule has 0 bridgehead atoms. The number of halogens is 1. The zero-order valence-electron chi connectivity index (χ0n) is 14.1. The predicted molar refractivity (Wildman–Crippen MR) is 102 cm³/mol. The van der Waals surface area contributed by atoms with Crippen molar-refractivity contribution >= 4 is 29.4 Å². The second-order valence-corrected chi connectivity index (χ2v) is 5.93. The lowest BCUT2D eigenvalue weighted by Gasteiger charge is -2.03. The molecule has 1 aromatic carbocycles. The van der Waals surface area contributed by atoms with Crippen LogP contribution >= 0.6 is 11.6 Å². The number of hydrogen-bond acceptors (Lipinski definition) is 4. The molecule has 0 aliphatic heterocycles. The number of carbonyl (C=O) groups excluding carboxylic acids is 1. The fraction of sp³-hybridized carbons (Fsp3) is 0.105. The molecule has 0 saturated heterocycles. The first-order chi connectivity index (χ1) is 12.6. The van der Waals surface area contributed by atoms with Crippen molar-refractivity contribution in [2.75, 3.05) is 6.61 Å². The Morgan fingerprint density at radius 1 is 1.35 bits per heavy atom. The number of benzene rings is 1. The smallest absolute Gasteiger partial charge is 0.290 e. The molecule has 6 nitrogen and oxygen atoms in total. The van der Waals surface area contributed by atoms with Gasteiger partial charge in [0, 0.05) is 6.20 Å². The largest absolute Gasteiger partial charge is 0.490 e. The summed E-state index contributed by atoms with van der Waals surface area (Å²) in [5.41, 5.74) is 4.99. The van der Waals surface area contributed by atoms with E-state index < -0.39 is 0 Å². The van der Waals surface area contributed by atoms with E-state index >= 15 is 0 Å². The van der Waals surface area contributed by atoms with E-state index in [4.69, 9.17) is 16.3 Å². The summed E-state index contributed by atoms with van der Waals surface area (Å²) < 4.78 is 7.06. The van der Waals surface area contributed by atoms with Crippen molar-refractivity contribution in [2.24, 2.45) is 5.10 Å². The highest BCUT2D eigenvalue weighted by Gasteiger charge is 2.16. The van der Waals surface area contributed by atoms with Crippen LogP contribution in [0, 0.1) is 6.92 Å². The summed E-state index contributed by atoms with van der Waals surface area (Å²) in [5.74, 6) is 0.378. The predicted octanol–water partition coefficient (Wildman–Crippen LogP) is 3.62. The average Bonchev–Trinajstić information content (AvgIpc) is 2.96. The molecule has 1 N–H and O–H groups in total. The molecular weight excluding hydrogens is 352 g/mol. The average molecular weight is 369 g/mol. The summed E-state index contributed by atoms with van der Waals surface area (Å²) in [7, 11) is 0. The number of pyridine rings is 1. The Bertz CT molecular complexity index is 977. The van der Waals surface area contributed by atoms with Crippen LogP contribution in [0.5, 0.6) is 5.75 Å². The molecule has 0 fully saturated rings. The van der Waals surface area contributed by atoms with E-state index in [1.54, 1.807) is 41.9 Å². The van der Waals surface area contributed by atoms with Crippen LogP contribution in [0.25, 0.3) is 5.65 Å². The van der Waals surface area contributed by atoms with E-state index in [1.165, 1.54) is 0 Å². The third-order valence-corrected chi connectivity index (χ3v) is 3.82. The third-order valence-electron chi connectivity index (χ3n) is 3.60. The summed E-state index contributed by atoms with van der Waals surface area (Å²) in [5, 5.41) is 4.52. The second-order valence-electron chi connectivity index (χ2n) is 5.49. The first-order valence-corrected chi connectivity index (χ1v) is 8.27. The molecule has 0 radical (unpaired) electrons. The van der Waals surface area contributed by atoms with Gasteiger partial charge in [0.05, 0.1) is 16.9 Å². The summed E-state index contributed by atoms with van der Waals surface area (Å²) in [4.78, 5) is 16.8. The molecule has 26 heavy (non-hydrogen) atoms. The lowest BCUT2D eigenvalue weighted by molar-refractivity contribution is 0.0948. The Kier molecular flexibility index (Phi) is 5.34. The van der Waals surface area contributed by atoms with Gasteiger partial charge in [0.2, 0.25) is 0 Å². The maximum absolute atomic E-state index is 12.5. The van der Waals surface area contributed by atoms with Crippen LogP contribution in [-0.4, -0.2) is 28.1 Å². The van der Waals surface area contributed by atoms with Gasteiger partial charge in [-0.1, -0.05) is 24.3 Å². The highest BCUT2D eigenvalue weighted by atomic mass is 35.5. The molecular formula is C19H17ClN4O2. The normalized spacial score (nSPS) is 11.0. The molecule has 0 aliphatic carbocycles. The zero-order valence-corrected chi connectivity index (χ0v) is 14.9. The van der Waals surface area contributed by atoms with E-state index in [1.807, 2.05) is 24.3 Å². The van der Waals surface area contributed by atoms with Crippen molar-refractivity contribution in [1.29, 1.82) is 0 Å². The van der Waals surface area contributed by atoms with Crippen LogP contribution in [0.2, 0.25) is 5.02 Å². The third kappa shape index (κ3) is 3.92. The van der Waals surface area contributed by atoms with E-state index in [2.05, 4.69) is 22.1 Å². The SMILES string of the molecule is C=CCOc1ccc(C=NNC(=O)c2c(C)nc3ccc(Cl)cn23)cc1. The lowest BCUT2D eigenvalue weighted by atomic mass is 10.2. The number of nitrogens with one attached hydrogen (secondary N) is 1. The van der Waals surface area contributed by atoms with Crippen LogP contribution < -0.4 is 10.2 Å². The second kappa shape index (κ2) is 7.84. The number of nitrogens with zero attached hydrogens (tertiary/aromatic N) is 3. The maximum atomic E-state index is 12.5. The monoisotopic (exact) mass is 368 g/mol. The Balaban J connectivity index is 1.71. The molecule has 7 heteroatoms. The molecule has 3 rings (SSSR count). The number of aromatic nitrogens is 2. The van der Waals surface area contributed by atoms with Crippen molar-refractivity contribution in [1.82, 2.24) is 14.8 Å². The minimum absolute atomic E-state index is 0.362. The zero-order chi connectivity index (χ0) is 18.5. The van der Waals surface area contributed by atoms with Gasteiger partial charge < -0.3 is 4.74 Å². The Morgan fingerprint density at radius 3 is 2.85 bits per heavy atom. The summed E-state index contributed by atoms with van der Waals surface area (Å²) >= 11 is 6.01. The van der Waals surface area contributed by atoms with Gasteiger partial charge in [0.15, 0.2) is 0 Å². The molecule has 0 unspecified atom stereocenters. The number of imidazole rings is 1. The number of ether oxygens (including phenoxy) is 1. The van der Waals surface area contributed by atoms with Gasteiger partial charge in [0.25, 0.3) is 5.91 Å². The van der Waals surface area contributed by atoms with Gasteiger partial charge in [0.1, 0.15) is 23.7 Å². The molecule has 0 atom stereocenters. The van der Waals surface area contributed by atoms with Gasteiger partial charge in [-0.15, -0.1) is 0 Å². The van der Waals surface area contributed by atoms with Gasteiger partial charge >= 0.3 is 0 Å². The van der Waals surface area contributed by atoms with Crippen molar-refractivity contribution in [2.45, 2.75) is 6.92 Å². The first-order valence-electron chi connectivity index (χ1n) is 7.90. The van der Waals surface area contributed by atoms with Crippen LogP contribution in [0.4, 0.5) is 0 Å². The Hall–Kier alpha value is -3.12. The number of carbonyl (C=O) groups is 1. The van der Waals surface area contributed by atoms with Gasteiger partial charge in [-0.2, -0.15) is 5.10 Å². The summed E-state index contributed by atoms with van der Waals surface area (Å²) in [6.45, 7) is 5.82. The van der Waals surface area contributed by atoms with Crippen molar-refractivity contribution in [3.8, 4) is 5.75 Å². The standard InChI is InChI=1S/C19H17ClN4O2/c1-3-10-26-16-7-4-14(5-8-16)11-21-23-19(25)18-13(2)22-17-9-6-15(20)12-24(17)18/h3-9,11-12H,1,10H2,2H3,(H,23,25). The van der Waals surface area contributed by atoms with Crippen LogP contribution in [0.3, 0.4) is 0 Å². The first kappa shape index (κ1) is 17.7. The fourth-order valence-corrected chi connectivity index (χ4v) is 2.59. The number of hydrogen-bond donors (Lipinski definition) is 1. The number of amides is 1. The lowest BCUT2D eigenvalue weighted by Crippen LogP contribution is -2.20. The molecule has 0 aliphatic rings. The van der Waals surface area contributed by atoms with E-state index in [0.717, 1.165) is 11.3 Å². The number of rotatable bonds is 6. The fourth-order valence-electron chi connectivity index (χ4n) is 2.43. The van der Waals surface area contributed by atoms with Gasteiger partial charge in [-0.25, -0.2) is 10.4 Å². The maximum Gasteiger partial charge on any atom is 0.290 e. The molecule has 0 saturated carbocycles. The number of aryl methyl sites for hydroxylation is 1. The van der Waals surface area contributed by atoms with Crippen LogP contribution in [0.15, 0.2) is 60.4 Å². The molecule has 0 spiro atoms. The van der Waals surface area contributed by atoms with Gasteiger partial charge in [-0.3, -0.25) is 9.20 Å². The van der Waals surface area contributed by atoms with Crippen molar-refractivity contribution in [3.63, 3.8) is 0 Å². The van der Waals surface area contributed by atoms with Crippen LogP contribution in [0.1, 0.15) is 21.7 Å². The van der Waals surface area contributed by atoms with E-state index in [-0.39, 0.29) is 5.91 Å². The molecule has 3 aromatic rings. The van der Waals surface area contributed by atoms with E-state index in [9.17, 15) is 4.79 Å². The Morgan fingerprint density at radius 2 is 2.12 bits per heavy atom. The van der Waals surface area contributed by atoms with E-state index in [0.29, 0.717) is 28.7 Å². The van der Waals surface area contributed by atoms with Crippen molar-refractivity contribution < 1.29 is 9.53 Å². The number of hydrazone groups is 1. The quantitative estimate of drug-likeness (QED) is 0.410.